The minimum absolute atomic E-state index is 0.0862. The third-order valence-electron chi connectivity index (χ3n) is 4.38. The largest absolute Gasteiger partial charge is 0.454 e. The highest BCUT2D eigenvalue weighted by Crippen LogP contribution is 2.32. The number of hydrogen-bond donors (Lipinski definition) is 1. The van der Waals surface area contributed by atoms with E-state index in [9.17, 15) is 4.79 Å². The second kappa shape index (κ2) is 6.49. The zero-order valence-electron chi connectivity index (χ0n) is 14.0. The molecule has 0 saturated heterocycles. The van der Waals surface area contributed by atoms with Crippen LogP contribution in [0.3, 0.4) is 0 Å². The lowest BCUT2D eigenvalue weighted by Crippen LogP contribution is -2.25. The van der Waals surface area contributed by atoms with E-state index in [2.05, 4.69) is 15.9 Å². The van der Waals surface area contributed by atoms with Gasteiger partial charge in [-0.25, -0.2) is 0 Å². The molecule has 4 rings (SSSR count). The third-order valence-corrected chi connectivity index (χ3v) is 4.91. The summed E-state index contributed by atoms with van der Waals surface area (Å²) in [7, 11) is 1.82. The van der Waals surface area contributed by atoms with E-state index in [1.165, 1.54) is 0 Å². The molecule has 1 N–H and O–H groups in total. The first kappa shape index (κ1) is 16.7. The van der Waals surface area contributed by atoms with Crippen LogP contribution in [-0.4, -0.2) is 21.7 Å². The number of carbonyl (C=O) groups excluding carboxylic acids is 1. The molecule has 0 saturated carbocycles. The number of imidazole rings is 1. The molecule has 7 heteroatoms. The van der Waals surface area contributed by atoms with E-state index >= 15 is 0 Å². The lowest BCUT2D eigenvalue weighted by atomic mass is 10.1. The number of fused-ring (bicyclic) bond motifs is 1. The van der Waals surface area contributed by atoms with Gasteiger partial charge in [0.15, 0.2) is 17.3 Å². The smallest absolute Gasteiger partial charge is 0.231 e. The molecule has 1 aliphatic heterocycles. The molecule has 0 unspecified atom stereocenters. The topological polar surface area (TPSA) is 69.2 Å². The molecule has 0 amide bonds. The van der Waals surface area contributed by atoms with E-state index < -0.39 is 0 Å². The summed E-state index contributed by atoms with van der Waals surface area (Å²) in [6, 6.07) is 13.0. The molecule has 2 heterocycles. The van der Waals surface area contributed by atoms with Crippen LogP contribution in [0.15, 0.2) is 53.1 Å². The Hall–Kier alpha value is -2.80. The van der Waals surface area contributed by atoms with Crippen molar-refractivity contribution in [1.82, 2.24) is 9.13 Å². The summed E-state index contributed by atoms with van der Waals surface area (Å²) in [6.45, 7) is 0.261. The van der Waals surface area contributed by atoms with Crippen molar-refractivity contribution in [2.75, 3.05) is 6.79 Å². The Kier molecular flexibility index (Phi) is 4.16. The van der Waals surface area contributed by atoms with Gasteiger partial charge >= 0.3 is 0 Å². The number of hydrogen-bond acceptors (Lipinski definition) is 4. The summed E-state index contributed by atoms with van der Waals surface area (Å²) in [5.74, 6) is 1.14. The van der Waals surface area contributed by atoms with Gasteiger partial charge in [0.1, 0.15) is 0 Å². The highest BCUT2D eigenvalue weighted by Gasteiger charge is 2.17. The minimum Gasteiger partial charge on any atom is -0.454 e. The van der Waals surface area contributed by atoms with Gasteiger partial charge in [-0.15, -0.1) is 0 Å². The van der Waals surface area contributed by atoms with Gasteiger partial charge in [-0.3, -0.25) is 10.2 Å². The van der Waals surface area contributed by atoms with Crippen molar-refractivity contribution >= 4 is 21.7 Å². The Labute approximate surface area is 158 Å². The average molecular weight is 414 g/mol. The van der Waals surface area contributed by atoms with Gasteiger partial charge in [0.2, 0.25) is 12.4 Å². The maximum atomic E-state index is 12.7. The highest BCUT2D eigenvalue weighted by atomic mass is 79.9. The maximum absolute atomic E-state index is 12.7. The number of halogens is 1. The Morgan fingerprint density at radius 2 is 1.88 bits per heavy atom. The fourth-order valence-corrected chi connectivity index (χ4v) is 3.19. The molecule has 0 radical (unpaired) electrons. The SMILES string of the molecule is Cn1c(-c2ccc(Br)cc2)cn(CC(=O)c2ccc3c(c2)OCO3)c1=N. The lowest BCUT2D eigenvalue weighted by molar-refractivity contribution is 0.0969. The molecule has 0 fully saturated rings. The zero-order chi connectivity index (χ0) is 18.3. The number of ketones is 1. The molecule has 0 bridgehead atoms. The fraction of sp³-hybridized carbons (Fsp3) is 0.158. The van der Waals surface area contributed by atoms with Crippen LogP contribution in [0.25, 0.3) is 11.3 Å². The first-order chi connectivity index (χ1) is 12.5. The van der Waals surface area contributed by atoms with E-state index in [0.29, 0.717) is 17.1 Å². The molecule has 26 heavy (non-hydrogen) atoms. The Morgan fingerprint density at radius 1 is 1.15 bits per heavy atom. The molecule has 132 valence electrons. The van der Waals surface area contributed by atoms with Crippen LogP contribution in [0.1, 0.15) is 10.4 Å². The molecule has 3 aromatic rings. The Balaban J connectivity index is 1.62. The second-order valence-corrected chi connectivity index (χ2v) is 6.94. The van der Waals surface area contributed by atoms with Gasteiger partial charge in [-0.2, -0.15) is 0 Å². The molecule has 0 aliphatic carbocycles. The summed E-state index contributed by atoms with van der Waals surface area (Å²) < 4.78 is 15.0. The number of Topliss-reactive ketones (excluding diaryl/α,β-unsaturated/α-hetero) is 1. The summed E-state index contributed by atoms with van der Waals surface area (Å²) in [5, 5.41) is 8.31. The molecule has 0 atom stereocenters. The predicted molar refractivity (Wildman–Crippen MR) is 99.3 cm³/mol. The van der Waals surface area contributed by atoms with Gasteiger partial charge in [0.05, 0.1) is 12.2 Å². The predicted octanol–water partition coefficient (Wildman–Crippen LogP) is 3.35. The van der Waals surface area contributed by atoms with Crippen LogP contribution in [0.4, 0.5) is 0 Å². The highest BCUT2D eigenvalue weighted by molar-refractivity contribution is 9.10. The molecular formula is C19H16BrN3O3. The van der Waals surface area contributed by atoms with E-state index in [-0.39, 0.29) is 24.7 Å². The fourth-order valence-electron chi connectivity index (χ4n) is 2.93. The van der Waals surface area contributed by atoms with Crippen molar-refractivity contribution in [3.05, 3.63) is 64.3 Å². The molecular weight excluding hydrogens is 398 g/mol. The van der Waals surface area contributed by atoms with Gasteiger partial charge in [-0.1, -0.05) is 28.1 Å². The van der Waals surface area contributed by atoms with Gasteiger partial charge < -0.3 is 18.6 Å². The molecule has 1 aliphatic rings. The Morgan fingerprint density at radius 3 is 2.65 bits per heavy atom. The van der Waals surface area contributed by atoms with Crippen LogP contribution in [0.2, 0.25) is 0 Å². The van der Waals surface area contributed by atoms with Crippen molar-refractivity contribution in [3.8, 4) is 22.8 Å². The monoisotopic (exact) mass is 413 g/mol. The van der Waals surface area contributed by atoms with Crippen LogP contribution in [0.5, 0.6) is 11.5 Å². The maximum Gasteiger partial charge on any atom is 0.231 e. The molecule has 1 aromatic heterocycles. The van der Waals surface area contributed by atoms with Crippen molar-refractivity contribution in [2.45, 2.75) is 6.54 Å². The number of aromatic nitrogens is 2. The summed E-state index contributed by atoms with van der Waals surface area (Å²) in [4.78, 5) is 12.7. The average Bonchev–Trinajstić information content (AvgIpc) is 3.22. The van der Waals surface area contributed by atoms with Crippen LogP contribution in [0, 0.1) is 5.41 Å². The standard InChI is InChI=1S/C19H16BrN3O3/c1-22-15(12-2-5-14(20)6-3-12)9-23(19(22)21)10-16(24)13-4-7-17-18(8-13)26-11-25-17/h2-9,21H,10-11H2,1H3. The van der Waals surface area contributed by atoms with Crippen molar-refractivity contribution in [3.63, 3.8) is 0 Å². The Bertz CT molecular complexity index is 1050. The number of ether oxygens (including phenoxy) is 2. The van der Waals surface area contributed by atoms with Crippen molar-refractivity contribution in [2.24, 2.45) is 7.05 Å². The van der Waals surface area contributed by atoms with E-state index in [1.807, 2.05) is 37.5 Å². The molecule has 6 nitrogen and oxygen atoms in total. The zero-order valence-corrected chi connectivity index (χ0v) is 15.6. The number of carbonyl (C=O) groups is 1. The van der Waals surface area contributed by atoms with Gasteiger partial charge in [-0.05, 0) is 35.9 Å². The van der Waals surface area contributed by atoms with Crippen molar-refractivity contribution < 1.29 is 14.3 Å². The third kappa shape index (κ3) is 2.94. The first-order valence-corrected chi connectivity index (χ1v) is 8.82. The van der Waals surface area contributed by atoms with Gasteiger partial charge in [0, 0.05) is 23.3 Å². The second-order valence-electron chi connectivity index (χ2n) is 6.02. The molecule has 2 aromatic carbocycles. The number of rotatable bonds is 4. The van der Waals surface area contributed by atoms with Gasteiger partial charge in [0.25, 0.3) is 0 Å². The number of nitrogens with one attached hydrogen (secondary N) is 1. The van der Waals surface area contributed by atoms with Crippen LogP contribution < -0.4 is 15.1 Å². The quantitative estimate of drug-likeness (QED) is 0.666. The van der Waals surface area contributed by atoms with Crippen LogP contribution >= 0.6 is 15.9 Å². The summed E-state index contributed by atoms with van der Waals surface area (Å²) >= 11 is 3.42. The minimum atomic E-state index is -0.0882. The lowest BCUT2D eigenvalue weighted by Gasteiger charge is -2.04. The summed E-state index contributed by atoms with van der Waals surface area (Å²) in [6.07, 6.45) is 1.83. The van der Waals surface area contributed by atoms with Crippen LogP contribution in [-0.2, 0) is 13.6 Å². The normalized spacial score (nSPS) is 12.4. The number of nitrogens with zero attached hydrogens (tertiary/aromatic N) is 2. The summed E-state index contributed by atoms with van der Waals surface area (Å²) in [5.41, 5.74) is 2.66. The molecule has 0 spiro atoms. The van der Waals surface area contributed by atoms with E-state index in [0.717, 1.165) is 15.7 Å². The van der Waals surface area contributed by atoms with Crippen molar-refractivity contribution in [1.29, 1.82) is 5.41 Å². The van der Waals surface area contributed by atoms with E-state index in [4.69, 9.17) is 14.9 Å². The number of benzene rings is 2. The van der Waals surface area contributed by atoms with E-state index in [1.54, 1.807) is 27.3 Å². The first-order valence-electron chi connectivity index (χ1n) is 8.02.